The Labute approximate surface area is 208 Å². The summed E-state index contributed by atoms with van der Waals surface area (Å²) >= 11 is 6.16. The zero-order valence-corrected chi connectivity index (χ0v) is 20.1. The molecule has 0 saturated carbocycles. The van der Waals surface area contributed by atoms with Gasteiger partial charge in [0.05, 0.1) is 31.0 Å². The van der Waals surface area contributed by atoms with E-state index >= 15 is 0 Å². The van der Waals surface area contributed by atoms with Crippen LogP contribution in [-0.4, -0.2) is 66.8 Å². The molecule has 1 fully saturated rings. The molecule has 0 amide bonds. The number of hydrogen-bond donors (Lipinski definition) is 1. The van der Waals surface area contributed by atoms with E-state index in [-0.39, 0.29) is 5.92 Å². The Morgan fingerprint density at radius 2 is 2.09 bits per heavy atom. The summed E-state index contributed by atoms with van der Waals surface area (Å²) < 4.78 is 17.0. The van der Waals surface area contributed by atoms with Gasteiger partial charge in [0.2, 0.25) is 0 Å². The Kier molecular flexibility index (Phi) is 7.13. The van der Waals surface area contributed by atoms with E-state index in [0.717, 1.165) is 73.2 Å². The second-order valence-electron chi connectivity index (χ2n) is 8.52. The lowest BCUT2D eigenvalue weighted by atomic mass is 9.94. The first-order valence-electron chi connectivity index (χ1n) is 11.7. The summed E-state index contributed by atoms with van der Waals surface area (Å²) in [4.78, 5) is 23.5. The molecule has 1 saturated heterocycles. The molecule has 8 nitrogen and oxygen atoms in total. The third-order valence-corrected chi connectivity index (χ3v) is 6.54. The van der Waals surface area contributed by atoms with Crippen LogP contribution in [0.3, 0.4) is 0 Å². The quantitative estimate of drug-likeness (QED) is 0.217. The highest BCUT2D eigenvalue weighted by Crippen LogP contribution is 2.41. The van der Waals surface area contributed by atoms with Crippen molar-refractivity contribution >= 4 is 34.2 Å². The molecule has 0 bridgehead atoms. The van der Waals surface area contributed by atoms with Crippen LogP contribution in [-0.2, 0) is 9.53 Å². The summed E-state index contributed by atoms with van der Waals surface area (Å²) in [6, 6.07) is 9.41. The summed E-state index contributed by atoms with van der Waals surface area (Å²) in [6.45, 7) is 9.01. The Hall–Kier alpha value is -3.20. The molecule has 2 aliphatic rings. The smallest absolute Gasteiger partial charge is 0.335 e. The first-order chi connectivity index (χ1) is 17.1. The van der Waals surface area contributed by atoms with Crippen LogP contribution in [0.1, 0.15) is 23.6 Å². The lowest BCUT2D eigenvalue weighted by Crippen LogP contribution is -2.37. The standard InChI is InChI=1S/C26H27ClN4O4/c1-2-25(32)35-24-13-19-22(14-23(24)34-9-3-6-31-7-10-33-11-8-31)29-16-30-26(19)20-15-28-21-12-17(27)4-5-18(20)21/h2,4-5,12-14,16,20,28H,1,3,6-11,15H2. The van der Waals surface area contributed by atoms with Crippen molar-refractivity contribution in [3.63, 3.8) is 0 Å². The Bertz CT molecular complexity index is 1250. The number of nitrogens with one attached hydrogen (secondary N) is 1. The van der Waals surface area contributed by atoms with E-state index in [4.69, 9.17) is 25.8 Å². The fourth-order valence-electron chi connectivity index (χ4n) is 4.55. The fourth-order valence-corrected chi connectivity index (χ4v) is 4.72. The number of carbonyl (C=O) groups is 1. The second kappa shape index (κ2) is 10.6. The van der Waals surface area contributed by atoms with E-state index in [9.17, 15) is 4.79 Å². The number of morpholine rings is 1. The van der Waals surface area contributed by atoms with Gasteiger partial charge < -0.3 is 19.5 Å². The molecule has 9 heteroatoms. The molecule has 2 aromatic carbocycles. The van der Waals surface area contributed by atoms with Crippen LogP contribution in [0.25, 0.3) is 10.9 Å². The van der Waals surface area contributed by atoms with Crippen LogP contribution in [0, 0.1) is 0 Å². The minimum atomic E-state index is -0.552. The molecule has 1 aromatic heterocycles. The number of rotatable bonds is 8. The minimum absolute atomic E-state index is 0.0102. The maximum atomic E-state index is 12.1. The number of benzene rings is 2. The van der Waals surface area contributed by atoms with E-state index in [2.05, 4.69) is 26.8 Å². The van der Waals surface area contributed by atoms with E-state index in [1.807, 2.05) is 24.3 Å². The zero-order valence-electron chi connectivity index (χ0n) is 19.3. The molecule has 1 atom stereocenters. The van der Waals surface area contributed by atoms with Gasteiger partial charge in [0, 0.05) is 60.3 Å². The molecule has 1 N–H and O–H groups in total. The highest BCUT2D eigenvalue weighted by atomic mass is 35.5. The van der Waals surface area contributed by atoms with Crippen molar-refractivity contribution in [3.05, 3.63) is 65.6 Å². The molecule has 0 spiro atoms. The van der Waals surface area contributed by atoms with Crippen LogP contribution in [0.4, 0.5) is 5.69 Å². The number of fused-ring (bicyclic) bond motifs is 2. The number of carbonyl (C=O) groups excluding carboxylic acids is 1. The minimum Gasteiger partial charge on any atom is -0.490 e. The molecule has 3 heterocycles. The topological polar surface area (TPSA) is 85.8 Å². The number of ether oxygens (including phenoxy) is 3. The van der Waals surface area contributed by atoms with Crippen molar-refractivity contribution < 1.29 is 19.0 Å². The van der Waals surface area contributed by atoms with E-state index < -0.39 is 5.97 Å². The van der Waals surface area contributed by atoms with Gasteiger partial charge in [-0.05, 0) is 30.2 Å². The number of halogens is 1. The molecular weight excluding hydrogens is 468 g/mol. The highest BCUT2D eigenvalue weighted by molar-refractivity contribution is 6.30. The van der Waals surface area contributed by atoms with Crippen LogP contribution in [0.5, 0.6) is 11.5 Å². The Morgan fingerprint density at radius 3 is 2.91 bits per heavy atom. The van der Waals surface area contributed by atoms with Gasteiger partial charge in [0.1, 0.15) is 6.33 Å². The largest absolute Gasteiger partial charge is 0.490 e. The number of anilines is 1. The van der Waals surface area contributed by atoms with Crippen LogP contribution in [0.2, 0.25) is 5.02 Å². The average molecular weight is 495 g/mol. The van der Waals surface area contributed by atoms with Crippen LogP contribution in [0.15, 0.2) is 49.3 Å². The summed E-state index contributed by atoms with van der Waals surface area (Å²) in [6.07, 6.45) is 3.54. The maximum Gasteiger partial charge on any atom is 0.335 e. The van der Waals surface area contributed by atoms with Gasteiger partial charge in [-0.25, -0.2) is 14.8 Å². The van der Waals surface area contributed by atoms with E-state index in [1.54, 1.807) is 12.4 Å². The molecule has 0 aliphatic carbocycles. The molecule has 35 heavy (non-hydrogen) atoms. The van der Waals surface area contributed by atoms with E-state index in [0.29, 0.717) is 29.7 Å². The van der Waals surface area contributed by atoms with Crippen LogP contribution >= 0.6 is 11.6 Å². The van der Waals surface area contributed by atoms with Crippen molar-refractivity contribution in [1.29, 1.82) is 0 Å². The molecule has 0 radical (unpaired) electrons. The summed E-state index contributed by atoms with van der Waals surface area (Å²) in [5.74, 6) is 0.252. The molecule has 182 valence electrons. The first kappa shape index (κ1) is 23.5. The lowest BCUT2D eigenvalue weighted by molar-refractivity contribution is -0.129. The number of esters is 1. The van der Waals surface area contributed by atoms with Crippen molar-refractivity contribution in [2.24, 2.45) is 0 Å². The number of aromatic nitrogens is 2. The maximum absolute atomic E-state index is 12.1. The third kappa shape index (κ3) is 5.24. The normalized spacial score (nSPS) is 17.6. The fraction of sp³-hybridized carbons (Fsp3) is 0.346. The first-order valence-corrected chi connectivity index (χ1v) is 12.1. The van der Waals surface area contributed by atoms with E-state index in [1.165, 1.54) is 0 Å². The number of hydrogen-bond acceptors (Lipinski definition) is 8. The Morgan fingerprint density at radius 1 is 1.23 bits per heavy atom. The van der Waals surface area contributed by atoms with Crippen molar-refractivity contribution in [1.82, 2.24) is 14.9 Å². The summed E-state index contributed by atoms with van der Waals surface area (Å²) in [7, 11) is 0. The molecule has 1 unspecified atom stereocenters. The second-order valence-corrected chi connectivity index (χ2v) is 8.96. The van der Waals surface area contributed by atoms with Gasteiger partial charge in [-0.3, -0.25) is 4.90 Å². The molecular formula is C26H27ClN4O4. The summed E-state index contributed by atoms with van der Waals surface area (Å²) in [5.41, 5.74) is 3.67. The van der Waals surface area contributed by atoms with Gasteiger partial charge in [-0.1, -0.05) is 24.2 Å². The van der Waals surface area contributed by atoms with Gasteiger partial charge in [0.25, 0.3) is 0 Å². The third-order valence-electron chi connectivity index (χ3n) is 6.31. The SMILES string of the molecule is C=CC(=O)Oc1cc2c(C3CNc4cc(Cl)ccc43)ncnc2cc1OCCCN1CCOCC1. The predicted octanol–water partition coefficient (Wildman–Crippen LogP) is 4.03. The zero-order chi connectivity index (χ0) is 24.2. The van der Waals surface area contributed by atoms with Gasteiger partial charge >= 0.3 is 5.97 Å². The monoisotopic (exact) mass is 494 g/mol. The van der Waals surface area contributed by atoms with Gasteiger partial charge in [-0.15, -0.1) is 0 Å². The number of nitrogens with zero attached hydrogens (tertiary/aromatic N) is 3. The molecule has 3 aromatic rings. The molecule has 5 rings (SSSR count). The summed E-state index contributed by atoms with van der Waals surface area (Å²) in [5, 5.41) is 4.88. The Balaban J connectivity index is 1.42. The van der Waals surface area contributed by atoms with Crippen LogP contribution < -0.4 is 14.8 Å². The van der Waals surface area contributed by atoms with Gasteiger partial charge in [-0.2, -0.15) is 0 Å². The van der Waals surface area contributed by atoms with Crippen molar-refractivity contribution in [2.75, 3.05) is 51.3 Å². The van der Waals surface area contributed by atoms with Gasteiger partial charge in [0.15, 0.2) is 11.5 Å². The lowest BCUT2D eigenvalue weighted by Gasteiger charge is -2.26. The average Bonchev–Trinajstić information content (AvgIpc) is 3.29. The highest BCUT2D eigenvalue weighted by Gasteiger charge is 2.27. The van der Waals surface area contributed by atoms with Crippen molar-refractivity contribution in [2.45, 2.75) is 12.3 Å². The van der Waals surface area contributed by atoms with Crippen molar-refractivity contribution in [3.8, 4) is 11.5 Å². The molecule has 2 aliphatic heterocycles. The predicted molar refractivity (Wildman–Crippen MR) is 135 cm³/mol.